The van der Waals surface area contributed by atoms with Gasteiger partial charge in [0.25, 0.3) is 0 Å². The van der Waals surface area contributed by atoms with Crippen LogP contribution in [0.1, 0.15) is 23.1 Å². The number of aryl methyl sites for hydroxylation is 2. The second-order valence-corrected chi connectivity index (χ2v) is 6.49. The van der Waals surface area contributed by atoms with Crippen LogP contribution in [0.3, 0.4) is 0 Å². The zero-order chi connectivity index (χ0) is 19.8. The molecule has 27 heavy (non-hydrogen) atoms. The minimum absolute atomic E-state index is 0.134. The average molecular weight is 370 g/mol. The van der Waals surface area contributed by atoms with Crippen molar-refractivity contribution in [1.82, 2.24) is 5.32 Å². The largest absolute Gasteiger partial charge is 0.497 e. The first-order valence-corrected chi connectivity index (χ1v) is 8.85. The molecule has 1 atom stereocenters. The molecule has 144 valence electrons. The van der Waals surface area contributed by atoms with E-state index in [1.54, 1.807) is 7.11 Å². The van der Waals surface area contributed by atoms with Crippen LogP contribution in [0.25, 0.3) is 0 Å². The molecule has 1 unspecified atom stereocenters. The van der Waals surface area contributed by atoms with Crippen LogP contribution in [0.5, 0.6) is 5.75 Å². The van der Waals surface area contributed by atoms with Crippen molar-refractivity contribution in [2.45, 2.75) is 32.7 Å². The van der Waals surface area contributed by atoms with Gasteiger partial charge in [0.05, 0.1) is 13.5 Å². The summed E-state index contributed by atoms with van der Waals surface area (Å²) in [7, 11) is 1.61. The maximum Gasteiger partial charge on any atom is 0.321 e. The number of anilines is 1. The van der Waals surface area contributed by atoms with Gasteiger partial charge in [-0.3, -0.25) is 9.59 Å². The van der Waals surface area contributed by atoms with Crippen molar-refractivity contribution in [3.05, 3.63) is 59.2 Å². The first kappa shape index (κ1) is 20.5. The lowest BCUT2D eigenvalue weighted by molar-refractivity contribution is -0.141. The van der Waals surface area contributed by atoms with Gasteiger partial charge in [-0.05, 0) is 67.8 Å². The molecule has 0 saturated carbocycles. The Balaban J connectivity index is 1.85. The molecule has 1 amide bonds. The van der Waals surface area contributed by atoms with Crippen LogP contribution < -0.4 is 15.4 Å². The maximum atomic E-state index is 12.2. The monoisotopic (exact) mass is 370 g/mol. The van der Waals surface area contributed by atoms with Gasteiger partial charge in [-0.1, -0.05) is 18.2 Å². The highest BCUT2D eigenvalue weighted by Gasteiger charge is 2.20. The third-order valence-electron chi connectivity index (χ3n) is 4.44. The molecule has 0 bridgehead atoms. The highest BCUT2D eigenvalue weighted by Crippen LogP contribution is 2.15. The number of rotatable bonds is 9. The van der Waals surface area contributed by atoms with E-state index in [0.717, 1.165) is 22.4 Å². The molecule has 0 aliphatic carbocycles. The number of hydrogen-bond donors (Lipinski definition) is 3. The molecule has 2 aromatic carbocycles. The van der Waals surface area contributed by atoms with Crippen LogP contribution >= 0.6 is 0 Å². The minimum Gasteiger partial charge on any atom is -0.497 e. The SMILES string of the molecule is COc1ccc(CCNC(CC(=O)Nc2ccc(C)c(C)c2)C(=O)O)cc1. The van der Waals surface area contributed by atoms with Crippen molar-refractivity contribution in [2.75, 3.05) is 19.0 Å². The molecule has 0 saturated heterocycles. The lowest BCUT2D eigenvalue weighted by Crippen LogP contribution is -2.40. The molecule has 0 spiro atoms. The molecule has 0 aliphatic rings. The second-order valence-electron chi connectivity index (χ2n) is 6.49. The highest BCUT2D eigenvalue weighted by atomic mass is 16.5. The molecule has 0 radical (unpaired) electrons. The smallest absolute Gasteiger partial charge is 0.321 e. The first-order chi connectivity index (χ1) is 12.9. The third kappa shape index (κ3) is 6.42. The van der Waals surface area contributed by atoms with E-state index in [1.807, 2.05) is 56.3 Å². The van der Waals surface area contributed by atoms with Gasteiger partial charge in [-0.25, -0.2) is 0 Å². The van der Waals surface area contributed by atoms with Crippen LogP contribution in [0.2, 0.25) is 0 Å². The molecule has 6 heteroatoms. The number of aliphatic carboxylic acids is 1. The number of carboxylic acids is 1. The molecular formula is C21H26N2O4. The van der Waals surface area contributed by atoms with E-state index in [9.17, 15) is 14.7 Å². The summed E-state index contributed by atoms with van der Waals surface area (Å²) >= 11 is 0. The molecule has 0 aliphatic heterocycles. The Morgan fingerprint density at radius 3 is 2.37 bits per heavy atom. The molecule has 2 rings (SSSR count). The summed E-state index contributed by atoms with van der Waals surface area (Å²) in [5.41, 5.74) is 3.94. The van der Waals surface area contributed by atoms with Gasteiger partial charge in [0, 0.05) is 5.69 Å². The number of methoxy groups -OCH3 is 1. The van der Waals surface area contributed by atoms with Gasteiger partial charge in [0.15, 0.2) is 0 Å². The summed E-state index contributed by atoms with van der Waals surface area (Å²) in [6.45, 7) is 4.42. The van der Waals surface area contributed by atoms with Crippen LogP contribution in [-0.2, 0) is 16.0 Å². The molecule has 2 aromatic rings. The van der Waals surface area contributed by atoms with E-state index < -0.39 is 12.0 Å². The lowest BCUT2D eigenvalue weighted by atomic mass is 10.1. The highest BCUT2D eigenvalue weighted by molar-refractivity contribution is 5.94. The second kappa shape index (κ2) is 9.73. The van der Waals surface area contributed by atoms with Gasteiger partial charge in [0.1, 0.15) is 11.8 Å². The summed E-state index contributed by atoms with van der Waals surface area (Å²) in [6.07, 6.45) is 0.525. The number of carbonyl (C=O) groups excluding carboxylic acids is 1. The number of carboxylic acid groups (broad SMARTS) is 1. The molecule has 0 aromatic heterocycles. The van der Waals surface area contributed by atoms with Crippen molar-refractivity contribution in [3.8, 4) is 5.75 Å². The number of ether oxygens (including phenoxy) is 1. The van der Waals surface area contributed by atoms with E-state index in [4.69, 9.17) is 4.74 Å². The molecule has 6 nitrogen and oxygen atoms in total. The number of amides is 1. The zero-order valence-electron chi connectivity index (χ0n) is 15.9. The zero-order valence-corrected chi connectivity index (χ0v) is 15.9. The maximum absolute atomic E-state index is 12.2. The third-order valence-corrected chi connectivity index (χ3v) is 4.44. The van der Waals surface area contributed by atoms with Gasteiger partial charge in [0.2, 0.25) is 5.91 Å². The average Bonchev–Trinajstić information content (AvgIpc) is 2.64. The van der Waals surface area contributed by atoms with E-state index >= 15 is 0 Å². The fourth-order valence-corrected chi connectivity index (χ4v) is 2.65. The summed E-state index contributed by atoms with van der Waals surface area (Å²) in [5, 5.41) is 15.1. The fourth-order valence-electron chi connectivity index (χ4n) is 2.65. The van der Waals surface area contributed by atoms with Gasteiger partial charge in [-0.15, -0.1) is 0 Å². The summed E-state index contributed by atoms with van der Waals surface area (Å²) in [6, 6.07) is 12.3. The predicted molar refractivity (Wildman–Crippen MR) is 105 cm³/mol. The summed E-state index contributed by atoms with van der Waals surface area (Å²) < 4.78 is 5.11. The first-order valence-electron chi connectivity index (χ1n) is 8.85. The van der Waals surface area contributed by atoms with E-state index in [1.165, 1.54) is 0 Å². The number of nitrogens with one attached hydrogen (secondary N) is 2. The Labute approximate surface area is 159 Å². The van der Waals surface area contributed by atoms with Crippen LogP contribution in [0, 0.1) is 13.8 Å². The van der Waals surface area contributed by atoms with Crippen molar-refractivity contribution >= 4 is 17.6 Å². The Kier molecular flexibility index (Phi) is 7.37. The molecule has 0 fully saturated rings. The fraction of sp³-hybridized carbons (Fsp3) is 0.333. The van der Waals surface area contributed by atoms with Gasteiger partial charge in [-0.2, -0.15) is 0 Å². The van der Waals surface area contributed by atoms with E-state index in [-0.39, 0.29) is 12.3 Å². The number of carbonyl (C=O) groups is 2. The molecular weight excluding hydrogens is 344 g/mol. The van der Waals surface area contributed by atoms with Gasteiger partial charge >= 0.3 is 5.97 Å². The topological polar surface area (TPSA) is 87.7 Å². The Morgan fingerprint density at radius 2 is 1.78 bits per heavy atom. The normalized spacial score (nSPS) is 11.7. The Morgan fingerprint density at radius 1 is 1.07 bits per heavy atom. The number of hydrogen-bond acceptors (Lipinski definition) is 4. The Bertz CT molecular complexity index is 787. The lowest BCUT2D eigenvalue weighted by Gasteiger charge is -2.15. The number of benzene rings is 2. The summed E-state index contributed by atoms with van der Waals surface area (Å²) in [5.74, 6) is -0.597. The van der Waals surface area contributed by atoms with Crippen molar-refractivity contribution in [1.29, 1.82) is 0 Å². The van der Waals surface area contributed by atoms with Crippen LogP contribution in [-0.4, -0.2) is 36.7 Å². The van der Waals surface area contributed by atoms with Crippen molar-refractivity contribution < 1.29 is 19.4 Å². The summed E-state index contributed by atoms with van der Waals surface area (Å²) in [4.78, 5) is 23.7. The quantitative estimate of drug-likeness (QED) is 0.632. The standard InChI is InChI=1S/C21H26N2O4/c1-14-4-7-17(12-15(14)2)23-20(24)13-19(21(25)26)22-11-10-16-5-8-18(27-3)9-6-16/h4-9,12,19,22H,10-11,13H2,1-3H3,(H,23,24)(H,25,26). The van der Waals surface area contributed by atoms with Crippen LogP contribution in [0.4, 0.5) is 5.69 Å². The Hall–Kier alpha value is -2.86. The van der Waals surface area contributed by atoms with Crippen LogP contribution in [0.15, 0.2) is 42.5 Å². The van der Waals surface area contributed by atoms with E-state index in [2.05, 4.69) is 10.6 Å². The molecule has 0 heterocycles. The van der Waals surface area contributed by atoms with Gasteiger partial charge < -0.3 is 20.5 Å². The van der Waals surface area contributed by atoms with Crippen molar-refractivity contribution in [3.63, 3.8) is 0 Å². The minimum atomic E-state index is -1.04. The predicted octanol–water partition coefficient (Wildman–Crippen LogP) is 2.93. The molecule has 3 N–H and O–H groups in total. The van der Waals surface area contributed by atoms with Crippen molar-refractivity contribution in [2.24, 2.45) is 0 Å². The van der Waals surface area contributed by atoms with E-state index in [0.29, 0.717) is 18.7 Å².